The van der Waals surface area contributed by atoms with Crippen LogP contribution in [0.2, 0.25) is 0 Å². The molecule has 0 amide bonds. The topological polar surface area (TPSA) is 73.1 Å². The molecular weight excluding hydrogens is 270 g/mol. The molecule has 1 aliphatic rings. The van der Waals surface area contributed by atoms with Crippen molar-refractivity contribution in [3.63, 3.8) is 0 Å². The lowest BCUT2D eigenvalue weighted by atomic mass is 10.1. The van der Waals surface area contributed by atoms with Crippen LogP contribution in [0.4, 0.5) is 5.82 Å². The maximum Gasteiger partial charge on any atom is 0.256 e. The highest BCUT2D eigenvalue weighted by Gasteiger charge is 2.19. The Hall–Kier alpha value is -2.44. The van der Waals surface area contributed by atoms with E-state index < -0.39 is 0 Å². The van der Waals surface area contributed by atoms with Gasteiger partial charge < -0.3 is 14.2 Å². The summed E-state index contributed by atoms with van der Waals surface area (Å²) in [6, 6.07) is 1.81. The van der Waals surface area contributed by atoms with Gasteiger partial charge in [0, 0.05) is 38.2 Å². The lowest BCUT2D eigenvalue weighted by molar-refractivity contribution is 0.396. The van der Waals surface area contributed by atoms with Gasteiger partial charge in [-0.1, -0.05) is 0 Å². The van der Waals surface area contributed by atoms with Gasteiger partial charge in [0.2, 0.25) is 5.88 Å². The maximum absolute atomic E-state index is 12.2. The van der Waals surface area contributed by atoms with E-state index in [0.29, 0.717) is 12.3 Å². The molecule has 0 atom stereocenters. The van der Waals surface area contributed by atoms with Crippen molar-refractivity contribution in [3.05, 3.63) is 40.3 Å². The molecular formula is C14H17N5O2. The number of hydrogen-bond acceptors (Lipinski definition) is 6. The summed E-state index contributed by atoms with van der Waals surface area (Å²) in [5, 5.41) is 0. The SMILES string of the molecule is COc1cc(N2CCc3ncn(C)c(=O)c3CC2)ncn1. The molecule has 110 valence electrons. The first-order valence-corrected chi connectivity index (χ1v) is 6.83. The van der Waals surface area contributed by atoms with E-state index in [-0.39, 0.29) is 5.56 Å². The molecule has 1 aliphatic heterocycles. The standard InChI is InChI=1S/C14H17N5O2/c1-18-9-17-11-4-6-19(5-3-10(11)14(18)20)12-7-13(21-2)16-8-15-12/h7-9H,3-6H2,1-2H3. The minimum atomic E-state index is 0.0436. The Morgan fingerprint density at radius 1 is 1.19 bits per heavy atom. The molecule has 0 unspecified atom stereocenters. The predicted octanol–water partition coefficient (Wildman–Crippen LogP) is 0.184. The molecule has 0 N–H and O–H groups in total. The van der Waals surface area contributed by atoms with E-state index in [1.807, 2.05) is 6.07 Å². The van der Waals surface area contributed by atoms with Crippen LogP contribution in [-0.2, 0) is 19.9 Å². The van der Waals surface area contributed by atoms with Crippen molar-refractivity contribution in [2.75, 3.05) is 25.1 Å². The summed E-state index contributed by atoms with van der Waals surface area (Å²) < 4.78 is 6.66. The second-order valence-corrected chi connectivity index (χ2v) is 4.99. The number of anilines is 1. The second kappa shape index (κ2) is 5.51. The first kappa shape index (κ1) is 13.5. The Bertz CT molecular complexity index is 713. The highest BCUT2D eigenvalue weighted by atomic mass is 16.5. The lowest BCUT2D eigenvalue weighted by Gasteiger charge is -2.21. The number of methoxy groups -OCH3 is 1. The van der Waals surface area contributed by atoms with Crippen LogP contribution in [0, 0.1) is 0 Å². The molecule has 3 heterocycles. The Morgan fingerprint density at radius 3 is 2.81 bits per heavy atom. The van der Waals surface area contributed by atoms with E-state index in [0.717, 1.165) is 36.6 Å². The monoisotopic (exact) mass is 287 g/mol. The molecule has 0 radical (unpaired) electrons. The van der Waals surface area contributed by atoms with E-state index in [1.165, 1.54) is 10.9 Å². The Balaban J connectivity index is 1.87. The van der Waals surface area contributed by atoms with Crippen LogP contribution in [0.5, 0.6) is 5.88 Å². The average molecular weight is 287 g/mol. The molecule has 0 saturated heterocycles. The summed E-state index contributed by atoms with van der Waals surface area (Å²) in [7, 11) is 3.31. The van der Waals surface area contributed by atoms with Gasteiger partial charge in [-0.3, -0.25) is 4.79 Å². The fourth-order valence-corrected chi connectivity index (χ4v) is 2.53. The zero-order valence-corrected chi connectivity index (χ0v) is 12.1. The van der Waals surface area contributed by atoms with E-state index in [9.17, 15) is 4.79 Å². The summed E-state index contributed by atoms with van der Waals surface area (Å²) in [5.41, 5.74) is 1.74. The van der Waals surface area contributed by atoms with Crippen molar-refractivity contribution >= 4 is 5.82 Å². The van der Waals surface area contributed by atoms with Gasteiger partial charge in [0.1, 0.15) is 12.1 Å². The molecule has 7 heteroatoms. The van der Waals surface area contributed by atoms with Crippen molar-refractivity contribution in [2.24, 2.45) is 7.05 Å². The normalized spacial score (nSPS) is 14.5. The number of hydrogen-bond donors (Lipinski definition) is 0. The maximum atomic E-state index is 12.2. The van der Waals surface area contributed by atoms with Crippen LogP contribution in [0.15, 0.2) is 23.5 Å². The van der Waals surface area contributed by atoms with E-state index >= 15 is 0 Å². The average Bonchev–Trinajstić information content (AvgIpc) is 2.74. The molecule has 2 aromatic rings. The summed E-state index contributed by atoms with van der Waals surface area (Å²) in [6.45, 7) is 1.50. The van der Waals surface area contributed by atoms with Crippen molar-refractivity contribution in [1.82, 2.24) is 19.5 Å². The molecule has 0 spiro atoms. The molecule has 2 aromatic heterocycles. The van der Waals surface area contributed by atoms with Gasteiger partial charge in [-0.25, -0.2) is 15.0 Å². The number of nitrogens with zero attached hydrogens (tertiary/aromatic N) is 5. The Labute approximate surface area is 122 Å². The van der Waals surface area contributed by atoms with Crippen LogP contribution in [0.25, 0.3) is 0 Å². The third-order valence-corrected chi connectivity index (χ3v) is 3.72. The zero-order chi connectivity index (χ0) is 14.8. The van der Waals surface area contributed by atoms with E-state index in [1.54, 1.807) is 20.5 Å². The molecule has 3 rings (SSSR count). The van der Waals surface area contributed by atoms with Gasteiger partial charge in [0.25, 0.3) is 5.56 Å². The molecule has 0 saturated carbocycles. The van der Waals surface area contributed by atoms with Crippen molar-refractivity contribution in [1.29, 1.82) is 0 Å². The lowest BCUT2D eigenvalue weighted by Crippen LogP contribution is -2.27. The van der Waals surface area contributed by atoms with Gasteiger partial charge >= 0.3 is 0 Å². The van der Waals surface area contributed by atoms with Crippen LogP contribution in [0.3, 0.4) is 0 Å². The minimum absolute atomic E-state index is 0.0436. The number of fused-ring (bicyclic) bond motifs is 1. The first-order valence-electron chi connectivity index (χ1n) is 6.83. The van der Waals surface area contributed by atoms with Gasteiger partial charge in [-0.2, -0.15) is 0 Å². The Kier molecular flexibility index (Phi) is 3.55. The second-order valence-electron chi connectivity index (χ2n) is 4.99. The van der Waals surface area contributed by atoms with Gasteiger partial charge in [0.05, 0.1) is 19.1 Å². The van der Waals surface area contributed by atoms with Gasteiger partial charge in [0.15, 0.2) is 0 Å². The molecule has 21 heavy (non-hydrogen) atoms. The summed E-state index contributed by atoms with van der Waals surface area (Å²) in [4.78, 5) is 27.0. The largest absolute Gasteiger partial charge is 0.481 e. The zero-order valence-electron chi connectivity index (χ0n) is 12.1. The smallest absolute Gasteiger partial charge is 0.256 e. The third kappa shape index (κ3) is 2.58. The number of rotatable bonds is 2. The van der Waals surface area contributed by atoms with Crippen LogP contribution in [0.1, 0.15) is 11.3 Å². The number of aromatic nitrogens is 4. The highest BCUT2D eigenvalue weighted by molar-refractivity contribution is 5.42. The van der Waals surface area contributed by atoms with Crippen molar-refractivity contribution in [2.45, 2.75) is 12.8 Å². The fourth-order valence-electron chi connectivity index (χ4n) is 2.53. The Morgan fingerprint density at radius 2 is 2.00 bits per heavy atom. The van der Waals surface area contributed by atoms with Crippen molar-refractivity contribution in [3.8, 4) is 5.88 Å². The van der Waals surface area contributed by atoms with Gasteiger partial charge in [-0.15, -0.1) is 0 Å². The van der Waals surface area contributed by atoms with Crippen LogP contribution in [-0.4, -0.2) is 39.7 Å². The first-order chi connectivity index (χ1) is 10.2. The van der Waals surface area contributed by atoms with Crippen molar-refractivity contribution < 1.29 is 4.74 Å². The van der Waals surface area contributed by atoms with E-state index in [2.05, 4.69) is 19.9 Å². The van der Waals surface area contributed by atoms with Crippen LogP contribution < -0.4 is 15.2 Å². The molecule has 7 nitrogen and oxygen atoms in total. The van der Waals surface area contributed by atoms with Crippen LogP contribution >= 0.6 is 0 Å². The quantitative estimate of drug-likeness (QED) is 0.785. The minimum Gasteiger partial charge on any atom is -0.481 e. The molecule has 0 aromatic carbocycles. The number of ether oxygens (including phenoxy) is 1. The third-order valence-electron chi connectivity index (χ3n) is 3.72. The highest BCUT2D eigenvalue weighted by Crippen LogP contribution is 2.19. The summed E-state index contributed by atoms with van der Waals surface area (Å²) >= 11 is 0. The predicted molar refractivity (Wildman–Crippen MR) is 77.7 cm³/mol. The molecule has 0 fully saturated rings. The fraction of sp³-hybridized carbons (Fsp3) is 0.429. The number of aryl methyl sites for hydroxylation is 1. The summed E-state index contributed by atoms with van der Waals surface area (Å²) in [6.07, 6.45) is 4.48. The van der Waals surface area contributed by atoms with E-state index in [4.69, 9.17) is 4.74 Å². The van der Waals surface area contributed by atoms with Gasteiger partial charge in [-0.05, 0) is 6.42 Å². The molecule has 0 bridgehead atoms. The summed E-state index contributed by atoms with van der Waals surface area (Å²) in [5.74, 6) is 1.35. The molecule has 0 aliphatic carbocycles.